The highest BCUT2D eigenvalue weighted by Gasteiger charge is 2.27. The molecule has 6 nitrogen and oxygen atoms in total. The number of anilines is 1. The van der Waals surface area contributed by atoms with Gasteiger partial charge in [0, 0.05) is 22.6 Å². The predicted octanol–water partition coefficient (Wildman–Crippen LogP) is 6.00. The second kappa shape index (κ2) is 10.7. The third kappa shape index (κ3) is 4.83. The van der Waals surface area contributed by atoms with Crippen LogP contribution in [0.3, 0.4) is 0 Å². The van der Waals surface area contributed by atoms with Crippen molar-refractivity contribution < 1.29 is 14.3 Å². The fourth-order valence-corrected chi connectivity index (χ4v) is 5.17. The molecule has 1 aliphatic heterocycles. The summed E-state index contributed by atoms with van der Waals surface area (Å²) in [4.78, 5) is 32.1. The zero-order valence-corrected chi connectivity index (χ0v) is 20.6. The average molecular weight is 496 g/mol. The van der Waals surface area contributed by atoms with Gasteiger partial charge < -0.3 is 4.74 Å². The van der Waals surface area contributed by atoms with Gasteiger partial charge in [0.15, 0.2) is 5.75 Å². The Hall–Kier alpha value is -4.10. The Balaban J connectivity index is 1.57. The van der Waals surface area contributed by atoms with Gasteiger partial charge in [-0.1, -0.05) is 72.8 Å². The van der Waals surface area contributed by atoms with Crippen molar-refractivity contribution in [1.29, 1.82) is 0 Å². The zero-order valence-electron chi connectivity index (χ0n) is 19.8. The van der Waals surface area contributed by atoms with Crippen LogP contribution in [0, 0.1) is 0 Å². The van der Waals surface area contributed by atoms with E-state index in [-0.39, 0.29) is 11.2 Å². The van der Waals surface area contributed by atoms with Crippen molar-refractivity contribution in [3.8, 4) is 17.0 Å². The second-order valence-electron chi connectivity index (χ2n) is 8.33. The van der Waals surface area contributed by atoms with E-state index in [4.69, 9.17) is 9.72 Å². The molecule has 1 N–H and O–H groups in total. The van der Waals surface area contributed by atoms with E-state index in [0.717, 1.165) is 12.0 Å². The minimum Gasteiger partial charge on any atom is -0.494 e. The number of thioether (sulfide) groups is 1. The van der Waals surface area contributed by atoms with Crippen LogP contribution < -0.4 is 15.2 Å². The largest absolute Gasteiger partial charge is 0.494 e. The number of rotatable bonds is 6. The molecule has 4 aromatic rings. The van der Waals surface area contributed by atoms with E-state index >= 15 is 0 Å². The average Bonchev–Trinajstić information content (AvgIpc) is 3.44. The summed E-state index contributed by atoms with van der Waals surface area (Å²) in [6.45, 7) is 0. The molecule has 0 spiro atoms. The lowest BCUT2D eigenvalue weighted by molar-refractivity contribution is -0.119. The number of aromatic nitrogens is 1. The van der Waals surface area contributed by atoms with Crippen LogP contribution in [0.5, 0.6) is 5.75 Å². The van der Waals surface area contributed by atoms with Crippen LogP contribution in [0.15, 0.2) is 96.4 Å². The summed E-state index contributed by atoms with van der Waals surface area (Å²) in [5, 5.41) is 4.16. The van der Waals surface area contributed by atoms with Gasteiger partial charge >= 0.3 is 0 Å². The molecule has 1 unspecified atom stereocenters. The van der Waals surface area contributed by atoms with Crippen molar-refractivity contribution in [2.45, 2.75) is 18.1 Å². The number of ether oxygens (including phenoxy) is 1. The Bertz CT molecular complexity index is 1420. The van der Waals surface area contributed by atoms with Crippen LogP contribution in [-0.2, 0) is 4.79 Å². The molecule has 3 aromatic carbocycles. The molecule has 0 bridgehead atoms. The van der Waals surface area contributed by atoms with Crippen molar-refractivity contribution >= 4 is 40.2 Å². The number of carbonyl (C=O) groups excluding carboxylic acids is 2. The molecule has 0 saturated heterocycles. The molecule has 0 aliphatic carbocycles. The maximum atomic E-state index is 13.9. The molecule has 180 valence electrons. The summed E-state index contributed by atoms with van der Waals surface area (Å²) < 4.78 is 5.78. The number of nitrogens with zero attached hydrogens (tertiary/aromatic N) is 2. The SMILES string of the molecule is COc1c(-c2ccccc2)nc2ccccc2c1C(=O)NN(C(=O)CC1CC=CS1)c1ccccc1. The number of hydrogen-bond acceptors (Lipinski definition) is 5. The number of hydrogen-bond donors (Lipinski definition) is 1. The number of hydrazine groups is 1. The third-order valence-corrected chi connectivity index (χ3v) is 7.07. The maximum absolute atomic E-state index is 13.9. The molecule has 0 radical (unpaired) electrons. The van der Waals surface area contributed by atoms with Gasteiger partial charge in [0.1, 0.15) is 5.69 Å². The van der Waals surface area contributed by atoms with Crippen LogP contribution in [0.1, 0.15) is 23.2 Å². The molecular weight excluding hydrogens is 470 g/mol. The molecule has 2 heterocycles. The zero-order chi connectivity index (χ0) is 24.9. The van der Waals surface area contributed by atoms with Gasteiger partial charge in [0.2, 0.25) is 5.91 Å². The number of allylic oxidation sites excluding steroid dienone is 1. The molecule has 1 atom stereocenters. The van der Waals surface area contributed by atoms with Gasteiger partial charge in [-0.25, -0.2) is 9.99 Å². The maximum Gasteiger partial charge on any atom is 0.274 e. The van der Waals surface area contributed by atoms with E-state index in [1.54, 1.807) is 23.9 Å². The highest BCUT2D eigenvalue weighted by Crippen LogP contribution is 2.36. The Kier molecular flexibility index (Phi) is 7.00. The summed E-state index contributed by atoms with van der Waals surface area (Å²) >= 11 is 1.64. The molecule has 7 heteroatoms. The van der Waals surface area contributed by atoms with Gasteiger partial charge in [-0.05, 0) is 30.0 Å². The lowest BCUT2D eigenvalue weighted by atomic mass is 10.0. The lowest BCUT2D eigenvalue weighted by Crippen LogP contribution is -2.47. The van der Waals surface area contributed by atoms with Crippen molar-refractivity contribution in [2.24, 2.45) is 0 Å². The molecule has 1 aliphatic rings. The fourth-order valence-electron chi connectivity index (χ4n) is 4.26. The first-order valence-corrected chi connectivity index (χ1v) is 12.6. The standard InChI is InChI=1S/C29H25N3O3S/c1-35-28-26(23-16-8-9-17-24(23)30-27(28)20-11-4-2-5-12-20)29(34)31-32(21-13-6-3-7-14-21)25(33)19-22-15-10-18-36-22/h2-14,16-18,22H,15,19H2,1H3,(H,31,34). The highest BCUT2D eigenvalue weighted by atomic mass is 32.2. The molecule has 36 heavy (non-hydrogen) atoms. The Morgan fingerprint density at radius 2 is 1.69 bits per heavy atom. The number of methoxy groups -OCH3 is 1. The minimum atomic E-state index is -0.447. The first-order chi connectivity index (χ1) is 17.7. The Morgan fingerprint density at radius 3 is 2.39 bits per heavy atom. The highest BCUT2D eigenvalue weighted by molar-refractivity contribution is 8.03. The number of pyridine rings is 1. The number of amides is 2. The molecule has 0 saturated carbocycles. The van der Waals surface area contributed by atoms with Crippen LogP contribution in [0.4, 0.5) is 5.69 Å². The monoisotopic (exact) mass is 495 g/mol. The van der Waals surface area contributed by atoms with E-state index in [1.165, 1.54) is 12.1 Å². The first-order valence-electron chi connectivity index (χ1n) is 11.7. The topological polar surface area (TPSA) is 71.5 Å². The smallest absolute Gasteiger partial charge is 0.274 e. The van der Waals surface area contributed by atoms with Crippen LogP contribution in [0.2, 0.25) is 0 Å². The van der Waals surface area contributed by atoms with Gasteiger partial charge in [-0.2, -0.15) is 0 Å². The summed E-state index contributed by atoms with van der Waals surface area (Å²) in [5.74, 6) is -0.276. The van der Waals surface area contributed by atoms with Gasteiger partial charge in [0.05, 0.1) is 23.9 Å². The second-order valence-corrected chi connectivity index (χ2v) is 9.54. The van der Waals surface area contributed by atoms with Crippen LogP contribution in [-0.4, -0.2) is 29.2 Å². The molecule has 0 fully saturated rings. The summed E-state index contributed by atoms with van der Waals surface area (Å²) in [7, 11) is 1.53. The normalized spacial score (nSPS) is 14.5. The number of nitrogens with one attached hydrogen (secondary N) is 1. The van der Waals surface area contributed by atoms with Crippen molar-refractivity contribution in [3.63, 3.8) is 0 Å². The predicted molar refractivity (Wildman–Crippen MR) is 145 cm³/mol. The molecule has 5 rings (SSSR count). The minimum absolute atomic E-state index is 0.154. The van der Waals surface area contributed by atoms with E-state index in [0.29, 0.717) is 40.0 Å². The van der Waals surface area contributed by atoms with Crippen LogP contribution in [0.25, 0.3) is 22.2 Å². The van der Waals surface area contributed by atoms with E-state index < -0.39 is 5.91 Å². The van der Waals surface area contributed by atoms with Gasteiger partial charge in [0.25, 0.3) is 5.91 Å². The fraction of sp³-hybridized carbons (Fsp3) is 0.138. The van der Waals surface area contributed by atoms with E-state index in [9.17, 15) is 9.59 Å². The number of benzene rings is 3. The number of fused-ring (bicyclic) bond motifs is 1. The Labute approximate surface area is 214 Å². The van der Waals surface area contributed by atoms with Gasteiger partial charge in [-0.15, -0.1) is 11.8 Å². The summed E-state index contributed by atoms with van der Waals surface area (Å²) in [5.41, 5.74) is 5.85. The molecule has 2 amide bonds. The van der Waals surface area contributed by atoms with Gasteiger partial charge in [-0.3, -0.25) is 15.0 Å². The quantitative estimate of drug-likeness (QED) is 0.332. The van der Waals surface area contributed by atoms with Crippen molar-refractivity contribution in [2.75, 3.05) is 12.1 Å². The van der Waals surface area contributed by atoms with Crippen molar-refractivity contribution in [1.82, 2.24) is 10.4 Å². The third-order valence-electron chi connectivity index (χ3n) is 5.97. The Morgan fingerprint density at radius 1 is 1.00 bits per heavy atom. The number of carbonyl (C=O) groups is 2. The molecule has 1 aromatic heterocycles. The van der Waals surface area contributed by atoms with E-state index in [1.807, 2.05) is 78.2 Å². The first kappa shape index (κ1) is 23.6. The van der Waals surface area contributed by atoms with E-state index in [2.05, 4.69) is 11.5 Å². The number of para-hydroxylation sites is 2. The van der Waals surface area contributed by atoms with Crippen LogP contribution >= 0.6 is 11.8 Å². The van der Waals surface area contributed by atoms with Crippen molar-refractivity contribution in [3.05, 3.63) is 102 Å². The lowest BCUT2D eigenvalue weighted by Gasteiger charge is -2.25. The summed E-state index contributed by atoms with van der Waals surface area (Å²) in [6, 6.07) is 26.2. The summed E-state index contributed by atoms with van der Waals surface area (Å²) in [6.07, 6.45) is 3.19. The molecular formula is C29H25N3O3S.